The van der Waals surface area contributed by atoms with E-state index in [9.17, 15) is 0 Å². The van der Waals surface area contributed by atoms with Crippen molar-refractivity contribution in [1.29, 1.82) is 0 Å². The second kappa shape index (κ2) is 212. The van der Waals surface area contributed by atoms with Crippen molar-refractivity contribution >= 4 is 0 Å². The molecule has 0 bridgehead atoms. The Balaban J connectivity index is -0.00000000222. The van der Waals surface area contributed by atoms with Gasteiger partial charge in [0.2, 0.25) is 0 Å². The van der Waals surface area contributed by atoms with Gasteiger partial charge in [0.25, 0.3) is 0 Å². The first-order chi connectivity index (χ1) is 2.41. The molecule has 1 heteroatoms. The number of rotatable bonds is 2. The van der Waals surface area contributed by atoms with Gasteiger partial charge in [0.1, 0.15) is 0 Å². The Morgan fingerprint density at radius 2 is 0.857 bits per heavy atom. The van der Waals surface area contributed by atoms with Crippen molar-refractivity contribution in [3.8, 4) is 0 Å². The fraction of sp³-hybridized carbons (Fsp3) is 1.00. The summed E-state index contributed by atoms with van der Waals surface area (Å²) >= 11 is 0. The van der Waals surface area contributed by atoms with Gasteiger partial charge in [-0.2, -0.15) is 0 Å². The van der Waals surface area contributed by atoms with Crippen LogP contribution in [0.25, 0.3) is 0 Å². The zero-order chi connectivity index (χ0) is 4.12. The van der Waals surface area contributed by atoms with Gasteiger partial charge < -0.3 is 5.11 Å². The van der Waals surface area contributed by atoms with Crippen molar-refractivity contribution in [2.45, 2.75) is 86.6 Å². The summed E-state index contributed by atoms with van der Waals surface area (Å²) in [5.41, 5.74) is 0. The average Bonchev–Trinajstić information content (AvgIpc) is 1.41. The monoisotopic (exact) mass is 218 g/mol. The second-order valence-corrected chi connectivity index (χ2v) is 1.08. The first-order valence-electron chi connectivity index (χ1n) is 2.02. The fourth-order valence-corrected chi connectivity index (χ4v) is 0.158. The van der Waals surface area contributed by atoms with Gasteiger partial charge >= 0.3 is 0 Å². The van der Waals surface area contributed by atoms with Crippen LogP contribution in [0.3, 0.4) is 0 Å². The van der Waals surface area contributed by atoms with Gasteiger partial charge in [-0.3, -0.25) is 0 Å². The molecular formula is C13H46O. The van der Waals surface area contributed by atoms with E-state index in [0.29, 0.717) is 6.61 Å². The summed E-state index contributed by atoms with van der Waals surface area (Å²) in [5, 5.41) is 8.07. The fourth-order valence-electron chi connectivity index (χ4n) is 0.158. The van der Waals surface area contributed by atoms with Crippen molar-refractivity contribution in [2.24, 2.45) is 0 Å². The van der Waals surface area contributed by atoms with Crippen molar-refractivity contribution in [3.63, 3.8) is 0 Å². The highest BCUT2D eigenvalue weighted by atomic mass is 16.2. The lowest BCUT2D eigenvalue weighted by atomic mass is 10.4. The highest BCUT2D eigenvalue weighted by Gasteiger charge is 1.69. The smallest absolute Gasteiger partial charge is 0.0430 e. The molecule has 1 nitrogen and oxygen atoms in total. The summed E-state index contributed by atoms with van der Waals surface area (Å²) in [6.07, 6.45) is 2.04. The molecule has 0 fully saturated rings. The Morgan fingerprint density at radius 1 is 0.643 bits per heavy atom. The maximum Gasteiger partial charge on any atom is 0.0430 e. The zero-order valence-corrected chi connectivity index (χ0v) is 3.57. The van der Waals surface area contributed by atoms with Crippen LogP contribution < -0.4 is 0 Å². The predicted molar refractivity (Wildman–Crippen MR) is 82.6 cm³/mol. The van der Waals surface area contributed by atoms with Gasteiger partial charge in [-0.1, -0.05) is 80.2 Å². The number of hydrogen-bond donors (Lipinski definition) is 1. The van der Waals surface area contributed by atoms with Crippen molar-refractivity contribution in [1.82, 2.24) is 0 Å². The highest BCUT2D eigenvalue weighted by molar-refractivity contribution is 4.23. The molecule has 0 spiro atoms. The predicted octanol–water partition coefficient (Wildman–Crippen LogP) is 6.50. The minimum atomic E-state index is 0. The second-order valence-electron chi connectivity index (χ2n) is 1.08. The quantitative estimate of drug-likeness (QED) is 0.560. The number of aliphatic hydroxyl groups is 1. The van der Waals surface area contributed by atoms with Gasteiger partial charge in [-0.15, -0.1) is 0 Å². The van der Waals surface area contributed by atoms with E-state index in [1.54, 1.807) is 0 Å². The number of aliphatic hydroxyl groups excluding tert-OH is 1. The topological polar surface area (TPSA) is 20.2 Å². The summed E-state index contributed by atoms with van der Waals surface area (Å²) in [7, 11) is 0. The summed E-state index contributed by atoms with van der Waals surface area (Å²) in [6.45, 7) is 2.40. The molecule has 0 atom stereocenters. The molecule has 0 heterocycles. The van der Waals surface area contributed by atoms with Crippen molar-refractivity contribution in [2.75, 3.05) is 6.61 Å². The van der Waals surface area contributed by atoms with Crippen LogP contribution in [0.5, 0.6) is 0 Å². The lowest BCUT2D eigenvalue weighted by Crippen LogP contribution is -1.75. The van der Waals surface area contributed by atoms with Gasteiger partial charge in [0, 0.05) is 6.61 Å². The molecule has 0 saturated carbocycles. The van der Waals surface area contributed by atoms with E-state index in [1.807, 2.05) is 0 Å². The third-order valence-corrected chi connectivity index (χ3v) is 0.512. The molecule has 0 saturated heterocycles. The summed E-state index contributed by atoms with van der Waals surface area (Å²) in [4.78, 5) is 0. The first-order valence-corrected chi connectivity index (χ1v) is 2.02. The van der Waals surface area contributed by atoms with E-state index in [0.717, 1.165) is 12.8 Å². The molecule has 14 heavy (non-hydrogen) atoms. The molecule has 0 aliphatic carbocycles. The molecule has 0 amide bonds. The van der Waals surface area contributed by atoms with Gasteiger partial charge in [0.15, 0.2) is 0 Å². The summed E-state index contributed by atoms with van der Waals surface area (Å²) in [5.74, 6) is 0. The number of unbranched alkanes of at least 4 members (excludes halogenated alkanes) is 1. The summed E-state index contributed by atoms with van der Waals surface area (Å²) < 4.78 is 0. The van der Waals surface area contributed by atoms with E-state index < -0.39 is 0 Å². The van der Waals surface area contributed by atoms with E-state index in [2.05, 4.69) is 6.92 Å². The molecule has 0 rings (SSSR count). The Hall–Kier alpha value is -0.0400. The molecule has 0 aliphatic rings. The van der Waals surface area contributed by atoms with Crippen molar-refractivity contribution < 1.29 is 5.11 Å². The van der Waals surface area contributed by atoms with Crippen LogP contribution >= 0.6 is 0 Å². The lowest BCUT2D eigenvalue weighted by Gasteiger charge is -1.79. The van der Waals surface area contributed by atoms with E-state index in [1.165, 1.54) is 0 Å². The Labute approximate surface area is 99.0 Å². The molecule has 0 aromatic heterocycles. The van der Waals surface area contributed by atoms with Crippen molar-refractivity contribution in [3.05, 3.63) is 0 Å². The van der Waals surface area contributed by atoms with E-state index >= 15 is 0 Å². The SMILES string of the molecule is C.C.C.C.C.C.C.C.C.CCCCO. The van der Waals surface area contributed by atoms with Crippen LogP contribution in [0.4, 0.5) is 0 Å². The average molecular weight is 219 g/mol. The standard InChI is InChI=1S/C4H10O.9CH4/c1-2-3-4-5;;;;;;;;;/h5H,2-4H2,1H3;9*1H4. The Bertz CT molecular complexity index is 12.7. The number of hydrogen-bond acceptors (Lipinski definition) is 1. The zero-order valence-electron chi connectivity index (χ0n) is 3.57. The summed E-state index contributed by atoms with van der Waals surface area (Å²) in [6, 6.07) is 0. The molecular weight excluding hydrogens is 172 g/mol. The third-order valence-electron chi connectivity index (χ3n) is 0.512. The molecule has 0 aliphatic heterocycles. The normalized spacial score (nSPS) is 3.00. The van der Waals surface area contributed by atoms with Gasteiger partial charge in [0.05, 0.1) is 0 Å². The highest BCUT2D eigenvalue weighted by Crippen LogP contribution is 1.78. The third kappa shape index (κ3) is 374. The van der Waals surface area contributed by atoms with Crippen LogP contribution in [-0.4, -0.2) is 11.7 Å². The Kier molecular flexibility index (Phi) is 2260. The van der Waals surface area contributed by atoms with E-state index in [4.69, 9.17) is 5.11 Å². The molecule has 1 N–H and O–H groups in total. The molecule has 0 radical (unpaired) electrons. The molecule has 0 unspecified atom stereocenters. The maximum atomic E-state index is 8.07. The van der Waals surface area contributed by atoms with Gasteiger partial charge in [-0.05, 0) is 6.42 Å². The molecule has 0 aromatic carbocycles. The van der Waals surface area contributed by atoms with Crippen LogP contribution in [0.15, 0.2) is 0 Å². The minimum Gasteiger partial charge on any atom is -0.396 e. The van der Waals surface area contributed by atoms with E-state index in [-0.39, 0.29) is 66.8 Å². The molecule has 0 aromatic rings. The van der Waals surface area contributed by atoms with Crippen LogP contribution in [0, 0.1) is 0 Å². The lowest BCUT2D eigenvalue weighted by molar-refractivity contribution is 0.287. The van der Waals surface area contributed by atoms with Crippen LogP contribution in [-0.2, 0) is 0 Å². The minimum absolute atomic E-state index is 0. The van der Waals surface area contributed by atoms with Crippen LogP contribution in [0.2, 0.25) is 0 Å². The Morgan fingerprint density at radius 3 is 0.857 bits per heavy atom. The van der Waals surface area contributed by atoms with Gasteiger partial charge in [-0.25, -0.2) is 0 Å². The largest absolute Gasteiger partial charge is 0.396 e. The van der Waals surface area contributed by atoms with Crippen LogP contribution in [0.1, 0.15) is 86.6 Å². The first kappa shape index (κ1) is 150. The maximum absolute atomic E-state index is 8.07. The molecule has 104 valence electrons.